The van der Waals surface area contributed by atoms with Gasteiger partial charge in [-0.2, -0.15) is 0 Å². The molecule has 0 saturated carbocycles. The maximum Gasteiger partial charge on any atom is 0.307 e. The number of carbonyl (C=O) groups is 2. The summed E-state index contributed by atoms with van der Waals surface area (Å²) in [5, 5.41) is 0. The third-order valence-electron chi connectivity index (χ3n) is 2.99. The fourth-order valence-corrected chi connectivity index (χ4v) is 1.93. The summed E-state index contributed by atoms with van der Waals surface area (Å²) in [4.78, 5) is 25.1. The van der Waals surface area contributed by atoms with Gasteiger partial charge in [-0.25, -0.2) is 4.39 Å². The predicted octanol–water partition coefficient (Wildman–Crippen LogP) is 2.91. The fourth-order valence-electron chi connectivity index (χ4n) is 1.93. The van der Waals surface area contributed by atoms with Crippen LogP contribution in [0.5, 0.6) is 0 Å². The van der Waals surface area contributed by atoms with Crippen molar-refractivity contribution in [3.05, 3.63) is 35.6 Å². The number of hydrogen-bond acceptors (Lipinski definition) is 3. The van der Waals surface area contributed by atoms with Crippen molar-refractivity contribution >= 4 is 11.9 Å². The highest BCUT2D eigenvalue weighted by atomic mass is 19.1. The van der Waals surface area contributed by atoms with E-state index in [1.165, 1.54) is 12.1 Å². The summed E-state index contributed by atoms with van der Waals surface area (Å²) in [5.41, 5.74) is 0.838. The van der Waals surface area contributed by atoms with E-state index < -0.39 is 0 Å². The van der Waals surface area contributed by atoms with Gasteiger partial charge in [0.15, 0.2) is 0 Å². The molecule has 5 heteroatoms. The van der Waals surface area contributed by atoms with E-state index in [2.05, 4.69) is 0 Å². The summed E-state index contributed by atoms with van der Waals surface area (Å²) < 4.78 is 17.8. The van der Waals surface area contributed by atoms with Crippen LogP contribution in [0.4, 0.5) is 4.39 Å². The smallest absolute Gasteiger partial charge is 0.307 e. The van der Waals surface area contributed by atoms with E-state index in [1.54, 1.807) is 24.0 Å². The number of nitrogens with zero attached hydrogens (tertiary/aromatic N) is 1. The van der Waals surface area contributed by atoms with E-state index in [0.29, 0.717) is 26.1 Å². The average Bonchev–Trinajstić information content (AvgIpc) is 2.46. The van der Waals surface area contributed by atoms with Gasteiger partial charge < -0.3 is 9.64 Å². The molecule has 0 radical (unpaired) electrons. The van der Waals surface area contributed by atoms with Crippen molar-refractivity contribution in [3.8, 4) is 0 Å². The minimum absolute atomic E-state index is 0.00822. The molecular weight excluding hydrogens is 273 g/mol. The molecule has 0 aliphatic heterocycles. The van der Waals surface area contributed by atoms with Crippen LogP contribution in [0, 0.1) is 5.82 Å². The number of rotatable bonds is 8. The minimum atomic E-state index is -0.314. The van der Waals surface area contributed by atoms with Crippen molar-refractivity contribution < 1.29 is 18.7 Å². The average molecular weight is 295 g/mol. The van der Waals surface area contributed by atoms with Crippen LogP contribution in [0.2, 0.25) is 0 Å². The summed E-state index contributed by atoms with van der Waals surface area (Å²) in [5.74, 6) is -0.631. The molecule has 0 saturated heterocycles. The Labute approximate surface area is 124 Å². The van der Waals surface area contributed by atoms with E-state index in [9.17, 15) is 14.0 Å². The minimum Gasteiger partial charge on any atom is -0.466 e. The SMILES string of the molecule is CCCC(=O)N(CCC(=O)OCC)Cc1ccc(F)cc1. The molecular formula is C16H22FNO3. The van der Waals surface area contributed by atoms with Crippen LogP contribution in [-0.2, 0) is 20.9 Å². The van der Waals surface area contributed by atoms with E-state index in [1.807, 2.05) is 6.92 Å². The third kappa shape index (κ3) is 6.38. The highest BCUT2D eigenvalue weighted by molar-refractivity contribution is 5.77. The second-order valence-corrected chi connectivity index (χ2v) is 4.75. The van der Waals surface area contributed by atoms with E-state index in [0.717, 1.165) is 12.0 Å². The number of ether oxygens (including phenoxy) is 1. The number of esters is 1. The largest absolute Gasteiger partial charge is 0.466 e. The van der Waals surface area contributed by atoms with Crippen LogP contribution in [-0.4, -0.2) is 29.9 Å². The summed E-state index contributed by atoms with van der Waals surface area (Å²) >= 11 is 0. The second kappa shape index (κ2) is 9.10. The Morgan fingerprint density at radius 2 is 1.81 bits per heavy atom. The summed E-state index contributed by atoms with van der Waals surface area (Å²) in [6.07, 6.45) is 1.35. The Hall–Kier alpha value is -1.91. The molecule has 1 aromatic rings. The van der Waals surface area contributed by atoms with Gasteiger partial charge in [0.2, 0.25) is 5.91 Å². The van der Waals surface area contributed by atoms with Gasteiger partial charge in [-0.15, -0.1) is 0 Å². The molecule has 4 nitrogen and oxygen atoms in total. The molecule has 0 aliphatic rings. The number of amides is 1. The topological polar surface area (TPSA) is 46.6 Å². The first-order chi connectivity index (χ1) is 10.1. The second-order valence-electron chi connectivity index (χ2n) is 4.75. The van der Waals surface area contributed by atoms with E-state index in [4.69, 9.17) is 4.74 Å². The van der Waals surface area contributed by atoms with Gasteiger partial charge in [-0.1, -0.05) is 19.1 Å². The zero-order chi connectivity index (χ0) is 15.7. The first-order valence-corrected chi connectivity index (χ1v) is 7.24. The van der Waals surface area contributed by atoms with Crippen LogP contribution in [0.1, 0.15) is 38.7 Å². The van der Waals surface area contributed by atoms with Crippen LogP contribution in [0.15, 0.2) is 24.3 Å². The molecule has 21 heavy (non-hydrogen) atoms. The monoisotopic (exact) mass is 295 g/mol. The van der Waals surface area contributed by atoms with E-state index >= 15 is 0 Å². The lowest BCUT2D eigenvalue weighted by Gasteiger charge is -2.22. The normalized spacial score (nSPS) is 10.2. The predicted molar refractivity (Wildman–Crippen MR) is 78.0 cm³/mol. The molecule has 1 aromatic carbocycles. The van der Waals surface area contributed by atoms with Gasteiger partial charge in [0, 0.05) is 19.5 Å². The van der Waals surface area contributed by atoms with E-state index in [-0.39, 0.29) is 24.1 Å². The van der Waals surface area contributed by atoms with Crippen LogP contribution < -0.4 is 0 Å². The van der Waals surface area contributed by atoms with Crippen molar-refractivity contribution in [2.45, 2.75) is 39.7 Å². The van der Waals surface area contributed by atoms with Crippen LogP contribution in [0.25, 0.3) is 0 Å². The molecule has 116 valence electrons. The van der Waals surface area contributed by atoms with Gasteiger partial charge in [0.1, 0.15) is 5.82 Å². The molecule has 0 spiro atoms. The van der Waals surface area contributed by atoms with Crippen LogP contribution in [0.3, 0.4) is 0 Å². The molecule has 0 heterocycles. The maximum absolute atomic E-state index is 12.9. The molecule has 1 rings (SSSR count). The molecule has 0 bridgehead atoms. The lowest BCUT2D eigenvalue weighted by molar-refractivity contribution is -0.144. The molecule has 1 amide bonds. The van der Waals surface area contributed by atoms with Crippen molar-refractivity contribution in [1.29, 1.82) is 0 Å². The molecule has 0 N–H and O–H groups in total. The van der Waals surface area contributed by atoms with Crippen molar-refractivity contribution in [2.75, 3.05) is 13.2 Å². The summed E-state index contributed by atoms with van der Waals surface area (Å²) in [7, 11) is 0. The van der Waals surface area contributed by atoms with Gasteiger partial charge in [0.05, 0.1) is 13.0 Å². The zero-order valence-corrected chi connectivity index (χ0v) is 12.6. The fraction of sp³-hybridized carbons (Fsp3) is 0.500. The maximum atomic E-state index is 12.9. The standard InChI is InChI=1S/C16H22FNO3/c1-3-5-15(19)18(11-10-16(20)21-4-2)12-13-6-8-14(17)9-7-13/h6-9H,3-5,10-12H2,1-2H3. The quantitative estimate of drug-likeness (QED) is 0.693. The molecule has 0 aromatic heterocycles. The zero-order valence-electron chi connectivity index (χ0n) is 12.6. The number of hydrogen-bond donors (Lipinski definition) is 0. The van der Waals surface area contributed by atoms with Gasteiger partial charge in [-0.3, -0.25) is 9.59 Å². The highest BCUT2D eigenvalue weighted by Crippen LogP contribution is 2.09. The summed E-state index contributed by atoms with van der Waals surface area (Å²) in [6, 6.07) is 6.02. The van der Waals surface area contributed by atoms with Crippen molar-refractivity contribution in [2.24, 2.45) is 0 Å². The Morgan fingerprint density at radius 1 is 1.14 bits per heavy atom. The first-order valence-electron chi connectivity index (χ1n) is 7.24. The van der Waals surface area contributed by atoms with Gasteiger partial charge in [0.25, 0.3) is 0 Å². The molecule has 0 unspecified atom stereocenters. The Kier molecular flexibility index (Phi) is 7.43. The van der Waals surface area contributed by atoms with Gasteiger partial charge >= 0.3 is 5.97 Å². The Balaban J connectivity index is 2.65. The van der Waals surface area contributed by atoms with Gasteiger partial charge in [-0.05, 0) is 31.0 Å². The number of benzene rings is 1. The number of carbonyl (C=O) groups excluding carboxylic acids is 2. The lowest BCUT2D eigenvalue weighted by Crippen LogP contribution is -2.32. The Morgan fingerprint density at radius 3 is 2.38 bits per heavy atom. The highest BCUT2D eigenvalue weighted by Gasteiger charge is 2.15. The first kappa shape index (κ1) is 17.1. The molecule has 0 atom stereocenters. The summed E-state index contributed by atoms with van der Waals surface area (Å²) in [6.45, 7) is 4.70. The number of halogens is 1. The molecule has 0 aliphatic carbocycles. The van der Waals surface area contributed by atoms with Crippen molar-refractivity contribution in [1.82, 2.24) is 4.90 Å². The third-order valence-corrected chi connectivity index (χ3v) is 2.99. The lowest BCUT2D eigenvalue weighted by atomic mass is 10.2. The Bertz CT molecular complexity index is 459. The van der Waals surface area contributed by atoms with Crippen LogP contribution >= 0.6 is 0 Å². The molecule has 0 fully saturated rings. The van der Waals surface area contributed by atoms with Crippen molar-refractivity contribution in [3.63, 3.8) is 0 Å².